The third-order valence-electron chi connectivity index (χ3n) is 3.83. The molecule has 0 atom stereocenters. The fourth-order valence-corrected chi connectivity index (χ4v) is 5.19. The Morgan fingerprint density at radius 3 is 2.70 bits per heavy atom. The van der Waals surface area contributed by atoms with Crippen LogP contribution in [-0.2, 0) is 0 Å². The molecule has 1 aliphatic carbocycles. The van der Waals surface area contributed by atoms with Gasteiger partial charge in [0.15, 0.2) is 5.17 Å². The van der Waals surface area contributed by atoms with E-state index in [2.05, 4.69) is 37.2 Å². The van der Waals surface area contributed by atoms with Crippen molar-refractivity contribution in [1.82, 2.24) is 0 Å². The normalized spacial score (nSPS) is 20.2. The maximum Gasteiger partial charge on any atom is 0.161 e. The van der Waals surface area contributed by atoms with Crippen LogP contribution in [0, 0.1) is 0 Å². The molecule has 2 aliphatic rings. The first-order chi connectivity index (χ1) is 9.62. The lowest BCUT2D eigenvalue weighted by molar-refractivity contribution is 0.412. The Balaban J connectivity index is 1.81. The average molecular weight is 420 g/mol. The number of hydrogen-bond acceptors (Lipinski definition) is 4. The summed E-state index contributed by atoms with van der Waals surface area (Å²) in [4.78, 5) is 4.93. The molecular formula is C14H16Br2N2OS. The number of ether oxygens (including phenoxy) is 1. The summed E-state index contributed by atoms with van der Waals surface area (Å²) in [6.45, 7) is 0. The van der Waals surface area contributed by atoms with Gasteiger partial charge < -0.3 is 10.1 Å². The van der Waals surface area contributed by atoms with Gasteiger partial charge in [-0.3, -0.25) is 4.99 Å². The van der Waals surface area contributed by atoms with Gasteiger partial charge in [0.1, 0.15) is 5.75 Å². The summed E-state index contributed by atoms with van der Waals surface area (Å²) in [5.41, 5.74) is 1.20. The number of benzene rings is 1. The number of nitrogens with one attached hydrogen (secondary N) is 1. The highest BCUT2D eigenvalue weighted by Gasteiger charge is 2.38. The molecule has 0 unspecified atom stereocenters. The number of aliphatic imine (C=N–C) groups is 1. The Morgan fingerprint density at radius 2 is 2.00 bits per heavy atom. The Morgan fingerprint density at radius 1 is 1.25 bits per heavy atom. The second-order valence-corrected chi connectivity index (χ2v) is 7.90. The summed E-state index contributed by atoms with van der Waals surface area (Å²) in [5.74, 6) is 1.93. The fourth-order valence-electron chi connectivity index (χ4n) is 2.73. The van der Waals surface area contributed by atoms with E-state index >= 15 is 0 Å². The standard InChI is InChI=1S/C14H16Br2N2OS/c1-19-12-7-11(9(15)6-10(12)16)17-13-18-14(8-20-13)4-2-3-5-14/h6-7H,2-5,8H2,1H3,(H,17,18). The van der Waals surface area contributed by atoms with Crippen LogP contribution < -0.4 is 10.1 Å². The van der Waals surface area contributed by atoms with Gasteiger partial charge in [-0.25, -0.2) is 0 Å². The molecule has 0 amide bonds. The van der Waals surface area contributed by atoms with Crippen LogP contribution in [0.25, 0.3) is 0 Å². The Labute approximate surface area is 140 Å². The number of thioether (sulfide) groups is 1. The van der Waals surface area contributed by atoms with Crippen molar-refractivity contribution < 1.29 is 4.74 Å². The highest BCUT2D eigenvalue weighted by molar-refractivity contribution is 9.11. The van der Waals surface area contributed by atoms with E-state index in [1.54, 1.807) is 7.11 Å². The maximum absolute atomic E-state index is 5.34. The molecular weight excluding hydrogens is 404 g/mol. The van der Waals surface area contributed by atoms with Crippen molar-refractivity contribution in [1.29, 1.82) is 0 Å². The van der Waals surface area contributed by atoms with E-state index in [0.29, 0.717) is 0 Å². The molecule has 1 heterocycles. The van der Waals surface area contributed by atoms with Crippen molar-refractivity contribution in [3.63, 3.8) is 0 Å². The van der Waals surface area contributed by atoms with Crippen LogP contribution in [0.1, 0.15) is 25.7 Å². The van der Waals surface area contributed by atoms with Crippen LogP contribution in [0.2, 0.25) is 0 Å². The molecule has 1 saturated carbocycles. The number of amidine groups is 1. The fraction of sp³-hybridized carbons (Fsp3) is 0.500. The van der Waals surface area contributed by atoms with Gasteiger partial charge in [-0.1, -0.05) is 24.6 Å². The predicted octanol–water partition coefficient (Wildman–Crippen LogP) is 5.05. The van der Waals surface area contributed by atoms with E-state index in [1.165, 1.54) is 25.7 Å². The first kappa shape index (κ1) is 14.7. The van der Waals surface area contributed by atoms with Gasteiger partial charge in [-0.05, 0) is 50.8 Å². The van der Waals surface area contributed by atoms with Crippen molar-refractivity contribution >= 4 is 54.5 Å². The van der Waals surface area contributed by atoms with Crippen LogP contribution >= 0.6 is 43.6 Å². The third-order valence-corrected chi connectivity index (χ3v) is 6.26. The number of halogens is 2. The van der Waals surface area contributed by atoms with Crippen molar-refractivity contribution in [2.45, 2.75) is 31.2 Å². The minimum absolute atomic E-state index is 0.207. The highest BCUT2D eigenvalue weighted by atomic mass is 79.9. The summed E-state index contributed by atoms with van der Waals surface area (Å²) < 4.78 is 7.28. The van der Waals surface area contributed by atoms with Crippen LogP contribution in [0.15, 0.2) is 26.1 Å². The summed E-state index contributed by atoms with van der Waals surface area (Å²) in [7, 11) is 1.67. The maximum atomic E-state index is 5.34. The summed E-state index contributed by atoms with van der Waals surface area (Å²) in [6, 6.07) is 3.98. The van der Waals surface area contributed by atoms with E-state index in [0.717, 1.165) is 31.3 Å². The molecule has 6 heteroatoms. The average Bonchev–Trinajstić information content (AvgIpc) is 3.04. The van der Waals surface area contributed by atoms with Crippen molar-refractivity contribution in [2.75, 3.05) is 18.2 Å². The Bertz CT molecular complexity index is 556. The zero-order chi connectivity index (χ0) is 14.2. The van der Waals surface area contributed by atoms with Gasteiger partial charge >= 0.3 is 0 Å². The quantitative estimate of drug-likeness (QED) is 0.728. The lowest BCUT2D eigenvalue weighted by Crippen LogP contribution is -2.21. The van der Waals surface area contributed by atoms with E-state index in [-0.39, 0.29) is 5.54 Å². The topological polar surface area (TPSA) is 33.6 Å². The molecule has 1 spiro atoms. The third kappa shape index (κ3) is 2.88. The van der Waals surface area contributed by atoms with Gasteiger partial charge in [0, 0.05) is 16.3 Å². The van der Waals surface area contributed by atoms with Crippen LogP contribution in [-0.4, -0.2) is 23.6 Å². The monoisotopic (exact) mass is 418 g/mol. The first-order valence-electron chi connectivity index (χ1n) is 6.65. The van der Waals surface area contributed by atoms with Gasteiger partial charge in [0.25, 0.3) is 0 Å². The van der Waals surface area contributed by atoms with E-state index in [1.807, 2.05) is 23.9 Å². The van der Waals surface area contributed by atoms with Crippen LogP contribution in [0.5, 0.6) is 5.75 Å². The van der Waals surface area contributed by atoms with E-state index in [9.17, 15) is 0 Å². The van der Waals surface area contributed by atoms with Crippen LogP contribution in [0.3, 0.4) is 0 Å². The molecule has 108 valence electrons. The zero-order valence-corrected chi connectivity index (χ0v) is 15.2. The van der Waals surface area contributed by atoms with E-state index < -0.39 is 0 Å². The Kier molecular flexibility index (Phi) is 4.34. The van der Waals surface area contributed by atoms with Crippen LogP contribution in [0.4, 0.5) is 5.69 Å². The number of rotatable bonds is 2. The van der Waals surface area contributed by atoms with Crippen molar-refractivity contribution in [3.05, 3.63) is 21.1 Å². The molecule has 3 rings (SSSR count). The molecule has 3 nitrogen and oxygen atoms in total. The number of methoxy groups -OCH3 is 1. The molecule has 1 N–H and O–H groups in total. The minimum Gasteiger partial charge on any atom is -0.495 e. The summed E-state index contributed by atoms with van der Waals surface area (Å²) in [6.07, 6.45) is 5.09. The van der Waals surface area contributed by atoms with Gasteiger partial charge in [0.2, 0.25) is 0 Å². The highest BCUT2D eigenvalue weighted by Crippen LogP contribution is 2.42. The predicted molar refractivity (Wildman–Crippen MR) is 93.1 cm³/mol. The SMILES string of the molecule is COc1cc(NC2=NC3(CCCC3)CS2)c(Br)cc1Br. The summed E-state index contributed by atoms with van der Waals surface area (Å²) in [5, 5.41) is 4.45. The van der Waals surface area contributed by atoms with Gasteiger partial charge in [-0.2, -0.15) is 0 Å². The molecule has 1 aromatic rings. The second-order valence-electron chi connectivity index (χ2n) is 5.23. The largest absolute Gasteiger partial charge is 0.495 e. The van der Waals surface area contributed by atoms with Crippen molar-refractivity contribution in [3.8, 4) is 5.75 Å². The molecule has 20 heavy (non-hydrogen) atoms. The number of anilines is 1. The molecule has 0 bridgehead atoms. The van der Waals surface area contributed by atoms with Gasteiger partial charge in [0.05, 0.1) is 22.8 Å². The number of hydrogen-bond donors (Lipinski definition) is 1. The molecule has 0 saturated heterocycles. The molecule has 1 aromatic carbocycles. The molecule has 1 fully saturated rings. The lowest BCUT2D eigenvalue weighted by atomic mass is 10.0. The lowest BCUT2D eigenvalue weighted by Gasteiger charge is -2.16. The zero-order valence-electron chi connectivity index (χ0n) is 11.2. The minimum atomic E-state index is 0.207. The smallest absolute Gasteiger partial charge is 0.161 e. The molecule has 0 aromatic heterocycles. The Hall–Kier alpha value is -0.200. The number of nitrogens with zero attached hydrogens (tertiary/aromatic N) is 1. The van der Waals surface area contributed by atoms with E-state index in [4.69, 9.17) is 9.73 Å². The van der Waals surface area contributed by atoms with Crippen molar-refractivity contribution in [2.24, 2.45) is 4.99 Å². The second kappa shape index (κ2) is 5.89. The van der Waals surface area contributed by atoms with Gasteiger partial charge in [-0.15, -0.1) is 0 Å². The molecule has 0 radical (unpaired) electrons. The summed E-state index contributed by atoms with van der Waals surface area (Å²) >= 11 is 8.89. The molecule has 1 aliphatic heterocycles. The first-order valence-corrected chi connectivity index (χ1v) is 9.22.